The van der Waals surface area contributed by atoms with Crippen LogP contribution in [0.3, 0.4) is 0 Å². The number of carbonyl (C=O) groups excluding carboxylic acids is 1. The van der Waals surface area contributed by atoms with Gasteiger partial charge < -0.3 is 14.2 Å². The predicted molar refractivity (Wildman–Crippen MR) is 155 cm³/mol. The molecule has 0 fully saturated rings. The molecule has 6 heteroatoms. The number of rotatable bonds is 7. The minimum Gasteiger partial charge on any atom is -0.464 e. The molecule has 0 saturated carbocycles. The SMILES string of the molecule is COC(=O)c1c(-c2ccccc2)c2cc(-c3ccccc3)ccc2c(=O)n1C(Cc1ccccc1)C1=COCO1. The number of methoxy groups -OCH3 is 1. The van der Waals surface area contributed by atoms with Gasteiger partial charge in [-0.3, -0.25) is 9.36 Å². The van der Waals surface area contributed by atoms with E-state index in [1.807, 2.05) is 109 Å². The molecule has 0 bridgehead atoms. The standard InChI is InChI=1S/C34H27NO5/c1-38-34(37)32-31(25-15-9-4-10-16-25)28-20-26(24-13-7-3-8-14-24)17-18-27(28)33(36)35(32)29(30-21-39-22-40-30)19-23-11-5-2-6-12-23/h2-18,20-21,29H,19,22H2,1H3. The number of hydrogen-bond acceptors (Lipinski definition) is 5. The molecule has 2 heterocycles. The Labute approximate surface area is 231 Å². The van der Waals surface area contributed by atoms with E-state index in [9.17, 15) is 9.59 Å². The molecular formula is C34H27NO5. The number of ether oxygens (including phenoxy) is 3. The summed E-state index contributed by atoms with van der Waals surface area (Å²) >= 11 is 0. The number of nitrogens with zero attached hydrogens (tertiary/aromatic N) is 1. The summed E-state index contributed by atoms with van der Waals surface area (Å²) in [6.45, 7) is 0.0441. The van der Waals surface area contributed by atoms with E-state index < -0.39 is 12.0 Å². The lowest BCUT2D eigenvalue weighted by Gasteiger charge is -2.26. The third-order valence-corrected chi connectivity index (χ3v) is 7.17. The Balaban J connectivity index is 1.71. The van der Waals surface area contributed by atoms with Gasteiger partial charge in [-0.1, -0.05) is 97.1 Å². The van der Waals surface area contributed by atoms with Crippen molar-refractivity contribution in [3.05, 3.63) is 143 Å². The molecule has 5 aromatic rings. The van der Waals surface area contributed by atoms with Gasteiger partial charge in [0.2, 0.25) is 6.79 Å². The van der Waals surface area contributed by atoms with Crippen LogP contribution in [0, 0.1) is 0 Å². The van der Waals surface area contributed by atoms with Gasteiger partial charge in [-0.15, -0.1) is 0 Å². The zero-order valence-electron chi connectivity index (χ0n) is 21.9. The van der Waals surface area contributed by atoms with Crippen molar-refractivity contribution in [3.63, 3.8) is 0 Å². The fraction of sp³-hybridized carbons (Fsp3) is 0.118. The van der Waals surface area contributed by atoms with Crippen LogP contribution >= 0.6 is 0 Å². The van der Waals surface area contributed by atoms with E-state index in [-0.39, 0.29) is 18.0 Å². The van der Waals surface area contributed by atoms with E-state index in [1.165, 1.54) is 17.9 Å². The number of benzene rings is 4. The van der Waals surface area contributed by atoms with Crippen LogP contribution in [0.2, 0.25) is 0 Å². The minimum atomic E-state index is -0.646. The normalized spacial score (nSPS) is 13.3. The van der Waals surface area contributed by atoms with Gasteiger partial charge >= 0.3 is 5.97 Å². The lowest BCUT2D eigenvalue weighted by molar-refractivity contribution is 0.0575. The van der Waals surface area contributed by atoms with Gasteiger partial charge in [0.25, 0.3) is 5.56 Å². The van der Waals surface area contributed by atoms with Crippen molar-refractivity contribution < 1.29 is 19.0 Å². The zero-order valence-corrected chi connectivity index (χ0v) is 21.9. The van der Waals surface area contributed by atoms with Crippen LogP contribution in [-0.4, -0.2) is 24.4 Å². The first kappa shape index (κ1) is 25.2. The molecule has 1 aliphatic heterocycles. The first-order valence-corrected chi connectivity index (χ1v) is 13.1. The van der Waals surface area contributed by atoms with Gasteiger partial charge in [-0.25, -0.2) is 4.79 Å². The second kappa shape index (κ2) is 10.9. The van der Waals surface area contributed by atoms with Gasteiger partial charge in [0.15, 0.2) is 5.76 Å². The van der Waals surface area contributed by atoms with E-state index >= 15 is 0 Å². The Morgan fingerprint density at radius 1 is 0.825 bits per heavy atom. The number of pyridine rings is 1. The van der Waals surface area contributed by atoms with Gasteiger partial charge in [0.05, 0.1) is 7.11 Å². The molecule has 0 radical (unpaired) electrons. The molecule has 4 aromatic carbocycles. The summed E-state index contributed by atoms with van der Waals surface area (Å²) in [6.07, 6.45) is 1.92. The second-order valence-electron chi connectivity index (χ2n) is 9.54. The highest BCUT2D eigenvalue weighted by atomic mass is 16.7. The summed E-state index contributed by atoms with van der Waals surface area (Å²) in [5.41, 5.74) is 4.19. The Morgan fingerprint density at radius 3 is 2.10 bits per heavy atom. The third kappa shape index (κ3) is 4.64. The molecule has 0 spiro atoms. The van der Waals surface area contributed by atoms with Crippen molar-refractivity contribution in [2.45, 2.75) is 12.5 Å². The Hall–Kier alpha value is -5.10. The van der Waals surface area contributed by atoms with Crippen molar-refractivity contribution in [2.75, 3.05) is 13.9 Å². The van der Waals surface area contributed by atoms with Crippen LogP contribution in [0.25, 0.3) is 33.0 Å². The summed E-state index contributed by atoms with van der Waals surface area (Å²) in [7, 11) is 1.33. The molecular weight excluding hydrogens is 502 g/mol. The first-order chi connectivity index (χ1) is 19.7. The van der Waals surface area contributed by atoms with Crippen molar-refractivity contribution >= 4 is 16.7 Å². The molecule has 40 heavy (non-hydrogen) atoms. The summed E-state index contributed by atoms with van der Waals surface area (Å²) in [6, 6.07) is 34.5. The summed E-state index contributed by atoms with van der Waals surface area (Å²) < 4.78 is 18.1. The molecule has 0 amide bonds. The van der Waals surface area contributed by atoms with Crippen LogP contribution in [0.1, 0.15) is 22.1 Å². The van der Waals surface area contributed by atoms with E-state index in [0.717, 1.165) is 22.3 Å². The van der Waals surface area contributed by atoms with Gasteiger partial charge in [-0.05, 0) is 39.8 Å². The molecule has 6 rings (SSSR count). The molecule has 6 nitrogen and oxygen atoms in total. The molecule has 1 aromatic heterocycles. The summed E-state index contributed by atoms with van der Waals surface area (Å²) in [4.78, 5) is 28.1. The quantitative estimate of drug-likeness (QED) is 0.218. The van der Waals surface area contributed by atoms with Crippen molar-refractivity contribution in [3.8, 4) is 22.3 Å². The highest BCUT2D eigenvalue weighted by Gasteiger charge is 2.32. The average molecular weight is 530 g/mol. The van der Waals surface area contributed by atoms with Gasteiger partial charge in [-0.2, -0.15) is 0 Å². The summed E-state index contributed by atoms with van der Waals surface area (Å²) in [5, 5.41) is 1.16. The van der Waals surface area contributed by atoms with Crippen LogP contribution in [0.15, 0.2) is 126 Å². The van der Waals surface area contributed by atoms with Crippen LogP contribution < -0.4 is 5.56 Å². The summed E-state index contributed by atoms with van der Waals surface area (Å²) in [5.74, 6) is -0.143. The lowest BCUT2D eigenvalue weighted by atomic mass is 9.92. The van der Waals surface area contributed by atoms with Gasteiger partial charge in [0.1, 0.15) is 18.0 Å². The molecule has 1 aliphatic rings. The highest BCUT2D eigenvalue weighted by Crippen LogP contribution is 2.37. The molecule has 1 unspecified atom stereocenters. The molecule has 0 saturated heterocycles. The topological polar surface area (TPSA) is 66.8 Å². The molecule has 0 aliphatic carbocycles. The fourth-order valence-electron chi connectivity index (χ4n) is 5.30. The maximum absolute atomic E-state index is 14.4. The highest BCUT2D eigenvalue weighted by molar-refractivity contribution is 6.07. The second-order valence-corrected chi connectivity index (χ2v) is 9.54. The van der Waals surface area contributed by atoms with Crippen LogP contribution in [0.4, 0.5) is 0 Å². The zero-order chi connectivity index (χ0) is 27.5. The van der Waals surface area contributed by atoms with Crippen molar-refractivity contribution in [2.24, 2.45) is 0 Å². The maximum atomic E-state index is 14.4. The number of fused-ring (bicyclic) bond motifs is 1. The molecule has 0 N–H and O–H groups in total. The number of aromatic nitrogens is 1. The Bertz CT molecular complexity index is 1760. The molecule has 198 valence electrons. The first-order valence-electron chi connectivity index (χ1n) is 13.1. The number of allylic oxidation sites excluding steroid dienone is 1. The Kier molecular flexibility index (Phi) is 6.89. The van der Waals surface area contributed by atoms with Crippen LogP contribution in [0.5, 0.6) is 0 Å². The van der Waals surface area contributed by atoms with Gasteiger partial charge in [0, 0.05) is 17.4 Å². The fourth-order valence-corrected chi connectivity index (χ4v) is 5.30. The lowest BCUT2D eigenvalue weighted by Crippen LogP contribution is -2.33. The largest absolute Gasteiger partial charge is 0.464 e. The van der Waals surface area contributed by atoms with Crippen molar-refractivity contribution in [1.29, 1.82) is 0 Å². The molecule has 1 atom stereocenters. The minimum absolute atomic E-state index is 0.0441. The van der Waals surface area contributed by atoms with Crippen molar-refractivity contribution in [1.82, 2.24) is 4.57 Å². The average Bonchev–Trinajstić information content (AvgIpc) is 3.56. The number of esters is 1. The maximum Gasteiger partial charge on any atom is 0.355 e. The smallest absolute Gasteiger partial charge is 0.355 e. The monoisotopic (exact) mass is 529 g/mol. The van der Waals surface area contributed by atoms with E-state index in [2.05, 4.69) is 0 Å². The van der Waals surface area contributed by atoms with E-state index in [1.54, 1.807) is 0 Å². The Morgan fingerprint density at radius 2 is 1.48 bits per heavy atom. The number of hydrogen-bond donors (Lipinski definition) is 0. The van der Waals surface area contributed by atoms with Crippen LogP contribution in [-0.2, 0) is 20.6 Å². The number of carbonyl (C=O) groups is 1. The van der Waals surface area contributed by atoms with E-state index in [0.29, 0.717) is 28.5 Å². The third-order valence-electron chi connectivity index (χ3n) is 7.17. The van der Waals surface area contributed by atoms with E-state index in [4.69, 9.17) is 14.2 Å². The predicted octanol–water partition coefficient (Wildman–Crippen LogP) is 6.75.